The van der Waals surface area contributed by atoms with Crippen LogP contribution in [0.25, 0.3) is 0 Å². The molecular weight excluding hydrogens is 526 g/mol. The third-order valence-corrected chi connectivity index (χ3v) is 10.5. The topological polar surface area (TPSA) is 18.5 Å². The van der Waals surface area contributed by atoms with Gasteiger partial charge in [0.15, 0.2) is 0 Å². The van der Waals surface area contributed by atoms with Crippen molar-refractivity contribution in [3.8, 4) is 11.5 Å². The van der Waals surface area contributed by atoms with Gasteiger partial charge in [0.1, 0.15) is 0 Å². The second-order valence-corrected chi connectivity index (χ2v) is 12.2. The normalized spacial score (nSPS) is 15.3. The van der Waals surface area contributed by atoms with Gasteiger partial charge in [0.25, 0.3) is 0 Å². The molecule has 2 aromatic rings. The smallest absolute Gasteiger partial charge is 0.147 e. The summed E-state index contributed by atoms with van der Waals surface area (Å²) in [4.78, 5) is 0. The molecule has 1 atom stereocenters. The monoisotopic (exact) mass is 545 g/mol. The van der Waals surface area contributed by atoms with Crippen molar-refractivity contribution in [2.45, 2.75) is 37.8 Å². The van der Waals surface area contributed by atoms with Crippen LogP contribution in [0.4, 0.5) is 0 Å². The SMILES string of the molecule is Brc1ccccc1[O][Cr]([O]c1ccccc1Br)[PH]C1CCCCC1.Cl. The summed E-state index contributed by atoms with van der Waals surface area (Å²) in [6, 6.07) is 16.1. The van der Waals surface area contributed by atoms with Crippen LogP contribution < -0.4 is 7.58 Å². The summed E-state index contributed by atoms with van der Waals surface area (Å²) in [5.41, 5.74) is 0.758. The molecule has 25 heavy (non-hydrogen) atoms. The molecule has 0 N–H and O–H groups in total. The van der Waals surface area contributed by atoms with Crippen molar-refractivity contribution in [2.24, 2.45) is 0 Å². The molecule has 3 rings (SSSR count). The van der Waals surface area contributed by atoms with Gasteiger partial charge >= 0.3 is 168 Å². The fourth-order valence-corrected chi connectivity index (χ4v) is 9.29. The van der Waals surface area contributed by atoms with E-state index < -0.39 is 14.4 Å². The largest absolute Gasteiger partial charge is 0.147 e. The minimum atomic E-state index is -1.69. The van der Waals surface area contributed by atoms with Gasteiger partial charge in [-0.05, 0) is 0 Å². The third kappa shape index (κ3) is 6.73. The Morgan fingerprint density at radius 3 is 1.76 bits per heavy atom. The Balaban J connectivity index is 0.00000225. The number of halogens is 3. The van der Waals surface area contributed by atoms with Gasteiger partial charge in [-0.3, -0.25) is 0 Å². The van der Waals surface area contributed by atoms with E-state index in [9.17, 15) is 0 Å². The zero-order chi connectivity index (χ0) is 16.8. The standard InChI is InChI=1S/2C6H5BrO.C6H12P.ClH.Cr/c2*7-5-3-1-2-4-6(5)8;7-6-4-2-1-3-5-6;;/h2*1-4,8H;6-7H,1-5H2;1H;/q;;-1;;+3/p-2. The number of rotatable bonds is 6. The van der Waals surface area contributed by atoms with Gasteiger partial charge < -0.3 is 0 Å². The van der Waals surface area contributed by atoms with E-state index in [2.05, 4.69) is 31.9 Å². The maximum absolute atomic E-state index is 6.35. The van der Waals surface area contributed by atoms with E-state index in [0.717, 1.165) is 33.3 Å². The molecule has 0 saturated heterocycles. The van der Waals surface area contributed by atoms with E-state index in [1.807, 2.05) is 48.5 Å². The Hall–Kier alpha value is 0.252. The molecular formula is C18H21Br2ClCrO2P. The van der Waals surface area contributed by atoms with E-state index in [1.54, 1.807) is 0 Å². The van der Waals surface area contributed by atoms with Gasteiger partial charge in [0.05, 0.1) is 0 Å². The van der Waals surface area contributed by atoms with Crippen molar-refractivity contribution in [1.29, 1.82) is 0 Å². The summed E-state index contributed by atoms with van der Waals surface area (Å²) in [6.07, 6.45) is 6.71. The first-order valence-corrected chi connectivity index (χ1v) is 13.6. The first-order chi connectivity index (χ1) is 11.7. The van der Waals surface area contributed by atoms with Gasteiger partial charge in [-0.2, -0.15) is 0 Å². The van der Waals surface area contributed by atoms with Gasteiger partial charge in [-0.15, -0.1) is 12.4 Å². The van der Waals surface area contributed by atoms with E-state index in [0.29, 0.717) is 0 Å². The molecule has 2 nitrogen and oxygen atoms in total. The van der Waals surface area contributed by atoms with Crippen molar-refractivity contribution in [3.05, 3.63) is 57.5 Å². The van der Waals surface area contributed by atoms with Crippen LogP contribution >= 0.6 is 51.5 Å². The fraction of sp³-hybridized carbons (Fsp3) is 0.333. The fourth-order valence-electron chi connectivity index (χ4n) is 2.61. The number of hydrogen-bond acceptors (Lipinski definition) is 2. The second-order valence-electron chi connectivity index (χ2n) is 5.72. The predicted octanol–water partition coefficient (Wildman–Crippen LogP) is 7.47. The van der Waals surface area contributed by atoms with Gasteiger partial charge in [0.2, 0.25) is 0 Å². The minimum Gasteiger partial charge on any atom is -0.147 e. The van der Waals surface area contributed by atoms with Crippen molar-refractivity contribution < 1.29 is 21.9 Å². The molecule has 0 spiro atoms. The molecule has 1 saturated carbocycles. The average molecular weight is 548 g/mol. The Morgan fingerprint density at radius 1 is 0.800 bits per heavy atom. The average Bonchev–Trinajstić information content (AvgIpc) is 2.60. The van der Waals surface area contributed by atoms with Crippen LogP contribution in [0.1, 0.15) is 32.1 Å². The molecule has 2 aromatic carbocycles. The third-order valence-electron chi connectivity index (χ3n) is 3.87. The minimum absolute atomic E-state index is 0. The van der Waals surface area contributed by atoms with Crippen molar-refractivity contribution in [3.63, 3.8) is 0 Å². The Morgan fingerprint density at radius 2 is 1.28 bits per heavy atom. The molecule has 1 fully saturated rings. The van der Waals surface area contributed by atoms with Gasteiger partial charge in [0, 0.05) is 0 Å². The van der Waals surface area contributed by atoms with E-state index in [-0.39, 0.29) is 12.4 Å². The molecule has 0 aromatic heterocycles. The van der Waals surface area contributed by atoms with E-state index >= 15 is 0 Å². The first kappa shape index (κ1) is 21.6. The van der Waals surface area contributed by atoms with Crippen LogP contribution in [0.15, 0.2) is 57.5 Å². The van der Waals surface area contributed by atoms with E-state index in [1.165, 1.54) is 32.1 Å². The molecule has 0 heterocycles. The van der Waals surface area contributed by atoms with Crippen LogP contribution in [0.2, 0.25) is 0 Å². The summed E-state index contributed by atoms with van der Waals surface area (Å²) in [6.45, 7) is 0. The Labute approximate surface area is 179 Å². The zero-order valence-electron chi connectivity index (χ0n) is 13.6. The Bertz CT molecular complexity index is 624. The van der Waals surface area contributed by atoms with Crippen LogP contribution in [-0.2, 0) is 14.4 Å². The number of hydrogen-bond donors (Lipinski definition) is 0. The van der Waals surface area contributed by atoms with Crippen LogP contribution in [0.3, 0.4) is 0 Å². The molecule has 0 radical (unpaired) electrons. The van der Waals surface area contributed by atoms with Gasteiger partial charge in [-0.25, -0.2) is 0 Å². The Kier molecular flexibility index (Phi) is 9.63. The molecule has 0 bridgehead atoms. The zero-order valence-corrected chi connectivity index (χ0v) is 19.9. The second kappa shape index (κ2) is 11.2. The summed E-state index contributed by atoms with van der Waals surface area (Å²) < 4.78 is 14.7. The van der Waals surface area contributed by atoms with Crippen LogP contribution in [-0.4, -0.2) is 5.66 Å². The molecule has 0 aliphatic heterocycles. The van der Waals surface area contributed by atoms with Crippen LogP contribution in [0, 0.1) is 0 Å². The molecule has 137 valence electrons. The molecule has 0 amide bonds. The van der Waals surface area contributed by atoms with Gasteiger partial charge in [-0.1, -0.05) is 0 Å². The summed E-state index contributed by atoms with van der Waals surface area (Å²) in [7, 11) is 0.755. The van der Waals surface area contributed by atoms with Crippen LogP contribution in [0.5, 0.6) is 11.5 Å². The van der Waals surface area contributed by atoms with Crippen molar-refractivity contribution in [1.82, 2.24) is 0 Å². The molecule has 1 aliphatic carbocycles. The maximum atomic E-state index is 6.35. The summed E-state index contributed by atoms with van der Waals surface area (Å²) in [5, 5.41) is 0. The first-order valence-electron chi connectivity index (χ1n) is 8.08. The number of para-hydroxylation sites is 2. The van der Waals surface area contributed by atoms with Crippen molar-refractivity contribution >= 4 is 51.5 Å². The maximum Gasteiger partial charge on any atom is -0.147 e. The quantitative estimate of drug-likeness (QED) is 0.350. The summed E-state index contributed by atoms with van der Waals surface area (Å²) >= 11 is 5.48. The summed E-state index contributed by atoms with van der Waals surface area (Å²) in [5.74, 6) is 1.77. The molecule has 7 heteroatoms. The predicted molar refractivity (Wildman–Crippen MR) is 112 cm³/mol. The molecule has 1 unspecified atom stereocenters. The van der Waals surface area contributed by atoms with Crippen molar-refractivity contribution in [2.75, 3.05) is 0 Å². The van der Waals surface area contributed by atoms with E-state index in [4.69, 9.17) is 7.58 Å². The molecule has 1 aliphatic rings. The number of benzene rings is 2.